The van der Waals surface area contributed by atoms with Crippen LogP contribution in [0.5, 0.6) is 0 Å². The quantitative estimate of drug-likeness (QED) is 0.604. The lowest BCUT2D eigenvalue weighted by atomic mass is 9.87. The maximum Gasteiger partial charge on any atom is 0.220 e. The van der Waals surface area contributed by atoms with E-state index in [1.165, 1.54) is 0 Å². The molecular weight excluding hydrogens is 228 g/mol. The highest BCUT2D eigenvalue weighted by Crippen LogP contribution is 2.23. The summed E-state index contributed by atoms with van der Waals surface area (Å²) >= 11 is 0. The van der Waals surface area contributed by atoms with E-state index in [1.54, 1.807) is 0 Å². The summed E-state index contributed by atoms with van der Waals surface area (Å²) in [6.07, 6.45) is 5.30. The molecule has 106 valence electrons. The van der Waals surface area contributed by atoms with Gasteiger partial charge < -0.3 is 15.7 Å². The Balaban J connectivity index is 2.02. The first kappa shape index (κ1) is 15.4. The summed E-state index contributed by atoms with van der Waals surface area (Å²) in [4.78, 5) is 11.6. The van der Waals surface area contributed by atoms with E-state index in [0.717, 1.165) is 45.2 Å². The lowest BCUT2D eigenvalue weighted by molar-refractivity contribution is -0.121. The number of hydrogen-bond donors (Lipinski definition) is 3. The second kappa shape index (κ2) is 8.48. The van der Waals surface area contributed by atoms with Gasteiger partial charge in [-0.3, -0.25) is 4.79 Å². The molecule has 0 aromatic heterocycles. The SMILES string of the molecule is CC(C)NCCCC(=O)NCC1CCCC(O)C1. The zero-order valence-corrected chi connectivity index (χ0v) is 11.7. The Morgan fingerprint density at radius 1 is 1.39 bits per heavy atom. The summed E-state index contributed by atoms with van der Waals surface area (Å²) in [6.45, 7) is 5.84. The van der Waals surface area contributed by atoms with Crippen molar-refractivity contribution in [2.75, 3.05) is 13.1 Å². The van der Waals surface area contributed by atoms with Crippen molar-refractivity contribution in [2.45, 2.75) is 64.5 Å². The molecule has 4 heteroatoms. The average molecular weight is 256 g/mol. The molecule has 2 unspecified atom stereocenters. The van der Waals surface area contributed by atoms with Crippen LogP contribution in [0.15, 0.2) is 0 Å². The van der Waals surface area contributed by atoms with Gasteiger partial charge >= 0.3 is 0 Å². The van der Waals surface area contributed by atoms with Gasteiger partial charge in [0.25, 0.3) is 0 Å². The largest absolute Gasteiger partial charge is 0.393 e. The lowest BCUT2D eigenvalue weighted by Gasteiger charge is -2.25. The van der Waals surface area contributed by atoms with Crippen LogP contribution in [-0.4, -0.2) is 36.2 Å². The molecule has 0 saturated heterocycles. The van der Waals surface area contributed by atoms with E-state index in [-0.39, 0.29) is 12.0 Å². The molecule has 0 heterocycles. The Hall–Kier alpha value is -0.610. The van der Waals surface area contributed by atoms with E-state index in [1.807, 2.05) is 0 Å². The van der Waals surface area contributed by atoms with Crippen LogP contribution in [0.4, 0.5) is 0 Å². The average Bonchev–Trinajstić information content (AvgIpc) is 2.32. The van der Waals surface area contributed by atoms with E-state index in [9.17, 15) is 9.90 Å². The van der Waals surface area contributed by atoms with Gasteiger partial charge in [0.1, 0.15) is 0 Å². The predicted octanol–water partition coefficient (Wildman–Crippen LogP) is 1.43. The maximum atomic E-state index is 11.6. The highest BCUT2D eigenvalue weighted by Gasteiger charge is 2.20. The zero-order chi connectivity index (χ0) is 13.4. The number of amides is 1. The molecule has 1 rings (SSSR count). The standard InChI is InChI=1S/C14H28N2O2/c1-11(2)15-8-4-7-14(18)16-10-12-5-3-6-13(17)9-12/h11-13,15,17H,3-10H2,1-2H3,(H,16,18). The van der Waals surface area contributed by atoms with Crippen LogP contribution < -0.4 is 10.6 Å². The third-order valence-electron chi connectivity index (χ3n) is 3.48. The summed E-state index contributed by atoms with van der Waals surface area (Å²) in [5.74, 6) is 0.604. The fourth-order valence-corrected chi connectivity index (χ4v) is 2.43. The number of aliphatic hydroxyl groups is 1. The summed E-state index contributed by atoms with van der Waals surface area (Å²) in [7, 11) is 0. The fourth-order valence-electron chi connectivity index (χ4n) is 2.43. The van der Waals surface area contributed by atoms with E-state index in [4.69, 9.17) is 0 Å². The molecule has 0 aromatic rings. The summed E-state index contributed by atoms with van der Waals surface area (Å²) in [6, 6.07) is 0.483. The van der Waals surface area contributed by atoms with Gasteiger partial charge in [0.05, 0.1) is 6.10 Å². The minimum absolute atomic E-state index is 0.139. The van der Waals surface area contributed by atoms with Crippen LogP contribution in [0.3, 0.4) is 0 Å². The highest BCUT2D eigenvalue weighted by atomic mass is 16.3. The molecule has 1 saturated carbocycles. The van der Waals surface area contributed by atoms with Crippen molar-refractivity contribution in [1.29, 1.82) is 0 Å². The molecule has 0 bridgehead atoms. The van der Waals surface area contributed by atoms with Crippen molar-refractivity contribution in [1.82, 2.24) is 10.6 Å². The molecule has 18 heavy (non-hydrogen) atoms. The van der Waals surface area contributed by atoms with Crippen molar-refractivity contribution in [3.63, 3.8) is 0 Å². The van der Waals surface area contributed by atoms with Gasteiger partial charge in [0.15, 0.2) is 0 Å². The van der Waals surface area contributed by atoms with Crippen LogP contribution in [-0.2, 0) is 4.79 Å². The highest BCUT2D eigenvalue weighted by molar-refractivity contribution is 5.75. The normalized spacial score (nSPS) is 24.2. The molecule has 2 atom stereocenters. The van der Waals surface area contributed by atoms with Crippen molar-refractivity contribution in [3.8, 4) is 0 Å². The smallest absolute Gasteiger partial charge is 0.220 e. The summed E-state index contributed by atoms with van der Waals surface area (Å²) < 4.78 is 0. The first-order chi connectivity index (χ1) is 8.58. The Labute approximate surface area is 111 Å². The van der Waals surface area contributed by atoms with Gasteiger partial charge in [-0.15, -0.1) is 0 Å². The number of carbonyl (C=O) groups excluding carboxylic acids is 1. The number of carbonyl (C=O) groups is 1. The minimum atomic E-state index is -0.157. The van der Waals surface area contributed by atoms with Gasteiger partial charge in [-0.1, -0.05) is 20.3 Å². The topological polar surface area (TPSA) is 61.4 Å². The number of aliphatic hydroxyl groups excluding tert-OH is 1. The van der Waals surface area contributed by atoms with Crippen molar-refractivity contribution in [2.24, 2.45) is 5.92 Å². The van der Waals surface area contributed by atoms with Crippen LogP contribution in [0, 0.1) is 5.92 Å². The Bertz CT molecular complexity index is 244. The molecule has 1 aliphatic carbocycles. The van der Waals surface area contributed by atoms with Crippen LogP contribution in [0.2, 0.25) is 0 Å². The molecule has 0 radical (unpaired) electrons. The van der Waals surface area contributed by atoms with Gasteiger partial charge in [0, 0.05) is 19.0 Å². The van der Waals surface area contributed by atoms with E-state index in [0.29, 0.717) is 18.4 Å². The third kappa shape index (κ3) is 6.97. The van der Waals surface area contributed by atoms with Gasteiger partial charge in [0.2, 0.25) is 5.91 Å². The lowest BCUT2D eigenvalue weighted by Crippen LogP contribution is -2.33. The van der Waals surface area contributed by atoms with Crippen molar-refractivity contribution in [3.05, 3.63) is 0 Å². The van der Waals surface area contributed by atoms with E-state index < -0.39 is 0 Å². The maximum absolute atomic E-state index is 11.6. The molecule has 1 aliphatic rings. The van der Waals surface area contributed by atoms with E-state index >= 15 is 0 Å². The summed E-state index contributed by atoms with van der Waals surface area (Å²) in [5, 5.41) is 15.8. The first-order valence-electron chi connectivity index (χ1n) is 7.26. The number of hydrogen-bond acceptors (Lipinski definition) is 3. The zero-order valence-electron chi connectivity index (χ0n) is 11.7. The molecule has 1 fully saturated rings. The molecule has 4 nitrogen and oxygen atoms in total. The monoisotopic (exact) mass is 256 g/mol. The Morgan fingerprint density at radius 3 is 2.83 bits per heavy atom. The number of nitrogens with one attached hydrogen (secondary N) is 2. The Morgan fingerprint density at radius 2 is 2.17 bits per heavy atom. The van der Waals surface area contributed by atoms with E-state index in [2.05, 4.69) is 24.5 Å². The molecule has 0 aliphatic heterocycles. The molecule has 1 amide bonds. The van der Waals surface area contributed by atoms with Gasteiger partial charge in [-0.05, 0) is 38.1 Å². The Kier molecular flexibility index (Phi) is 7.28. The number of rotatable bonds is 7. The minimum Gasteiger partial charge on any atom is -0.393 e. The van der Waals surface area contributed by atoms with Crippen LogP contribution >= 0.6 is 0 Å². The second-order valence-electron chi connectivity index (χ2n) is 5.70. The molecule has 0 aromatic carbocycles. The van der Waals surface area contributed by atoms with Gasteiger partial charge in [-0.25, -0.2) is 0 Å². The predicted molar refractivity (Wildman–Crippen MR) is 73.3 cm³/mol. The third-order valence-corrected chi connectivity index (χ3v) is 3.48. The second-order valence-corrected chi connectivity index (χ2v) is 5.70. The van der Waals surface area contributed by atoms with Crippen molar-refractivity contribution < 1.29 is 9.90 Å². The summed E-state index contributed by atoms with van der Waals surface area (Å²) in [5.41, 5.74) is 0. The van der Waals surface area contributed by atoms with Gasteiger partial charge in [-0.2, -0.15) is 0 Å². The fraction of sp³-hybridized carbons (Fsp3) is 0.929. The van der Waals surface area contributed by atoms with Crippen molar-refractivity contribution >= 4 is 5.91 Å². The molecule has 0 spiro atoms. The molecular formula is C14H28N2O2. The first-order valence-corrected chi connectivity index (χ1v) is 7.26. The molecule has 3 N–H and O–H groups in total. The van der Waals surface area contributed by atoms with Crippen LogP contribution in [0.1, 0.15) is 52.4 Å². The van der Waals surface area contributed by atoms with Crippen LogP contribution in [0.25, 0.3) is 0 Å².